The first-order valence-corrected chi connectivity index (χ1v) is 12.3. The number of hydrogen-bond acceptors (Lipinski definition) is 6. The van der Waals surface area contributed by atoms with Crippen molar-refractivity contribution < 1.29 is 22.7 Å². The Labute approximate surface area is 230 Å². The SMILES string of the molecule is C.CN(C)Cc1ccc(NC(=O)c2ccc3ccc(Oc4ccnc(C5=NCCN5)c4)cc3c2)cc1C(F)(F)F. The molecule has 208 valence electrons. The van der Waals surface area contributed by atoms with Crippen molar-refractivity contribution in [3.05, 3.63) is 95.3 Å². The van der Waals surface area contributed by atoms with Gasteiger partial charge in [0.1, 0.15) is 23.0 Å². The number of alkyl halides is 3. The van der Waals surface area contributed by atoms with Crippen LogP contribution in [-0.2, 0) is 12.7 Å². The summed E-state index contributed by atoms with van der Waals surface area (Å²) in [5, 5.41) is 7.40. The lowest BCUT2D eigenvalue weighted by Crippen LogP contribution is -2.20. The Kier molecular flexibility index (Phi) is 8.39. The van der Waals surface area contributed by atoms with Crippen molar-refractivity contribution in [1.29, 1.82) is 0 Å². The van der Waals surface area contributed by atoms with Crippen molar-refractivity contribution >= 4 is 28.2 Å². The van der Waals surface area contributed by atoms with E-state index in [9.17, 15) is 18.0 Å². The van der Waals surface area contributed by atoms with Gasteiger partial charge in [-0.05, 0) is 72.9 Å². The van der Waals surface area contributed by atoms with Crippen molar-refractivity contribution in [2.75, 3.05) is 32.5 Å². The second-order valence-corrected chi connectivity index (χ2v) is 9.42. The number of carbonyl (C=O) groups excluding carboxylic acids is 1. The van der Waals surface area contributed by atoms with Crippen LogP contribution in [0.15, 0.2) is 77.9 Å². The normalized spacial score (nSPS) is 13.0. The Morgan fingerprint density at radius 2 is 1.77 bits per heavy atom. The van der Waals surface area contributed by atoms with E-state index in [4.69, 9.17) is 4.74 Å². The third kappa shape index (κ3) is 6.58. The molecule has 1 aromatic heterocycles. The molecule has 0 bridgehead atoms. The van der Waals surface area contributed by atoms with Gasteiger partial charge in [-0.2, -0.15) is 13.2 Å². The maximum absolute atomic E-state index is 13.7. The van der Waals surface area contributed by atoms with Gasteiger partial charge in [0.25, 0.3) is 5.91 Å². The number of pyridine rings is 1. The number of nitrogens with zero attached hydrogens (tertiary/aromatic N) is 3. The predicted molar refractivity (Wildman–Crippen MR) is 151 cm³/mol. The standard InChI is InChI=1S/C29H26F3N5O2.CH4/c1-37(2)17-20-5-7-22(15-25(20)29(30,31)32)36-28(38)19-4-3-18-6-8-23(14-21(18)13-19)39-24-9-10-33-26(16-24)27-34-11-12-35-27;/h3-10,13-16H,11-12,17H2,1-2H3,(H,34,35)(H,36,38);1H4. The maximum atomic E-state index is 13.7. The summed E-state index contributed by atoms with van der Waals surface area (Å²) in [5.41, 5.74) is 0.430. The van der Waals surface area contributed by atoms with Crippen molar-refractivity contribution in [2.24, 2.45) is 4.99 Å². The Morgan fingerprint density at radius 1 is 1.00 bits per heavy atom. The van der Waals surface area contributed by atoms with Crippen LogP contribution < -0.4 is 15.4 Å². The summed E-state index contributed by atoms with van der Waals surface area (Å²) >= 11 is 0. The molecule has 0 radical (unpaired) electrons. The van der Waals surface area contributed by atoms with E-state index >= 15 is 0 Å². The van der Waals surface area contributed by atoms with Gasteiger partial charge in [-0.25, -0.2) is 0 Å². The quantitative estimate of drug-likeness (QED) is 0.281. The fourth-order valence-electron chi connectivity index (χ4n) is 4.34. The molecule has 0 unspecified atom stereocenters. The number of rotatable bonds is 7. The number of benzene rings is 3. The molecule has 1 aliphatic rings. The second-order valence-electron chi connectivity index (χ2n) is 9.42. The topological polar surface area (TPSA) is 78.9 Å². The molecule has 0 saturated heterocycles. The molecule has 2 heterocycles. The molecule has 0 aliphatic carbocycles. The van der Waals surface area contributed by atoms with Crippen LogP contribution in [0, 0.1) is 0 Å². The molecule has 1 aliphatic heterocycles. The van der Waals surface area contributed by atoms with Crippen molar-refractivity contribution in [1.82, 2.24) is 15.2 Å². The molecule has 7 nitrogen and oxygen atoms in total. The number of nitrogens with one attached hydrogen (secondary N) is 2. The minimum absolute atomic E-state index is 0. The fourth-order valence-corrected chi connectivity index (χ4v) is 4.34. The number of carbonyl (C=O) groups is 1. The molecule has 3 aromatic carbocycles. The lowest BCUT2D eigenvalue weighted by molar-refractivity contribution is -0.138. The lowest BCUT2D eigenvalue weighted by atomic mass is 10.0. The number of aromatic nitrogens is 1. The molecule has 40 heavy (non-hydrogen) atoms. The zero-order chi connectivity index (χ0) is 27.6. The smallest absolute Gasteiger partial charge is 0.416 e. The van der Waals surface area contributed by atoms with Crippen LogP contribution >= 0.6 is 0 Å². The number of amidine groups is 1. The summed E-state index contributed by atoms with van der Waals surface area (Å²) in [4.78, 5) is 23.3. The molecule has 0 spiro atoms. The predicted octanol–water partition coefficient (Wildman–Crippen LogP) is 6.35. The Balaban J connectivity index is 0.00000370. The van der Waals surface area contributed by atoms with Crippen LogP contribution in [0.2, 0.25) is 0 Å². The van der Waals surface area contributed by atoms with Gasteiger partial charge in [-0.15, -0.1) is 0 Å². The third-order valence-corrected chi connectivity index (χ3v) is 6.12. The first-order chi connectivity index (χ1) is 18.7. The van der Waals surface area contributed by atoms with E-state index in [1.807, 2.05) is 12.1 Å². The second kappa shape index (κ2) is 11.7. The Hall–Kier alpha value is -4.44. The van der Waals surface area contributed by atoms with E-state index in [-0.39, 0.29) is 25.2 Å². The highest BCUT2D eigenvalue weighted by Gasteiger charge is 2.33. The lowest BCUT2D eigenvalue weighted by Gasteiger charge is -2.18. The average Bonchev–Trinajstić information content (AvgIpc) is 3.44. The molecule has 10 heteroatoms. The van der Waals surface area contributed by atoms with Gasteiger partial charge >= 0.3 is 6.18 Å². The highest BCUT2D eigenvalue weighted by atomic mass is 19.4. The third-order valence-electron chi connectivity index (χ3n) is 6.12. The number of halogens is 3. The van der Waals surface area contributed by atoms with Crippen LogP contribution in [0.1, 0.15) is 34.6 Å². The van der Waals surface area contributed by atoms with Gasteiger partial charge in [-0.1, -0.05) is 25.6 Å². The zero-order valence-electron chi connectivity index (χ0n) is 21.3. The highest BCUT2D eigenvalue weighted by molar-refractivity contribution is 6.06. The summed E-state index contributed by atoms with van der Waals surface area (Å²) in [6.45, 7) is 1.60. The van der Waals surface area contributed by atoms with Gasteiger partial charge in [0.15, 0.2) is 0 Å². The number of hydrogen-bond donors (Lipinski definition) is 2. The van der Waals surface area contributed by atoms with E-state index < -0.39 is 17.6 Å². The first-order valence-electron chi connectivity index (χ1n) is 12.3. The minimum atomic E-state index is -4.54. The van der Waals surface area contributed by atoms with E-state index in [0.717, 1.165) is 29.2 Å². The van der Waals surface area contributed by atoms with E-state index in [0.29, 0.717) is 29.3 Å². The molecule has 0 fully saturated rings. The van der Waals surface area contributed by atoms with Gasteiger partial charge in [0, 0.05) is 36.6 Å². The Morgan fingerprint density at radius 3 is 2.50 bits per heavy atom. The molecule has 1 amide bonds. The molecule has 2 N–H and O–H groups in total. The molecule has 5 rings (SSSR count). The Bertz CT molecular complexity index is 1570. The highest BCUT2D eigenvalue weighted by Crippen LogP contribution is 2.34. The number of fused-ring (bicyclic) bond motifs is 1. The van der Waals surface area contributed by atoms with Gasteiger partial charge in [-0.3, -0.25) is 14.8 Å². The summed E-state index contributed by atoms with van der Waals surface area (Å²) in [7, 11) is 3.40. The fraction of sp³-hybridized carbons (Fsp3) is 0.233. The van der Waals surface area contributed by atoms with Crippen molar-refractivity contribution in [2.45, 2.75) is 20.1 Å². The number of amides is 1. The van der Waals surface area contributed by atoms with Gasteiger partial charge in [0.05, 0.1) is 12.1 Å². The van der Waals surface area contributed by atoms with Gasteiger partial charge < -0.3 is 20.3 Å². The molecule has 0 saturated carbocycles. The van der Waals surface area contributed by atoms with Crippen LogP contribution in [0.4, 0.5) is 18.9 Å². The van der Waals surface area contributed by atoms with E-state index in [2.05, 4.69) is 20.6 Å². The monoisotopic (exact) mass is 549 g/mol. The largest absolute Gasteiger partial charge is 0.457 e. The van der Waals surface area contributed by atoms with E-state index in [1.165, 1.54) is 12.1 Å². The maximum Gasteiger partial charge on any atom is 0.416 e. The summed E-state index contributed by atoms with van der Waals surface area (Å²) in [5.74, 6) is 1.36. The van der Waals surface area contributed by atoms with Gasteiger partial charge in [0.2, 0.25) is 0 Å². The van der Waals surface area contributed by atoms with E-state index in [1.54, 1.807) is 61.6 Å². The van der Waals surface area contributed by atoms with Crippen LogP contribution in [0.5, 0.6) is 11.5 Å². The number of ether oxygens (including phenoxy) is 1. The van der Waals surface area contributed by atoms with Crippen LogP contribution in [0.25, 0.3) is 10.8 Å². The first kappa shape index (κ1) is 28.6. The molecule has 0 atom stereocenters. The van der Waals surface area contributed by atoms with Crippen LogP contribution in [0.3, 0.4) is 0 Å². The number of anilines is 1. The van der Waals surface area contributed by atoms with Crippen molar-refractivity contribution in [3.63, 3.8) is 0 Å². The van der Waals surface area contributed by atoms with Crippen LogP contribution in [-0.4, -0.2) is 48.8 Å². The minimum Gasteiger partial charge on any atom is -0.457 e. The molecular formula is C30H30F3N5O2. The van der Waals surface area contributed by atoms with Crippen molar-refractivity contribution in [3.8, 4) is 11.5 Å². The number of aliphatic imine (C=N–C) groups is 1. The average molecular weight is 550 g/mol. The molecular weight excluding hydrogens is 519 g/mol. The summed E-state index contributed by atoms with van der Waals surface area (Å²) < 4.78 is 47.0. The summed E-state index contributed by atoms with van der Waals surface area (Å²) in [6.07, 6.45) is -2.89. The molecule has 4 aromatic rings. The summed E-state index contributed by atoms with van der Waals surface area (Å²) in [6, 6.07) is 18.0. The zero-order valence-corrected chi connectivity index (χ0v) is 21.3.